The van der Waals surface area contributed by atoms with Crippen molar-refractivity contribution < 1.29 is 14.3 Å². The lowest BCUT2D eigenvalue weighted by molar-refractivity contribution is -0.155. The standard InChI is InChI=1S/C13H16ClNO3/c1-9(2)8-18-13(17)12(16)15-7-10-5-3-4-6-11(10)14/h3-6,9H,7-8H2,1-2H3,(H,15,16). The molecular formula is C13H16ClNO3. The van der Waals surface area contributed by atoms with E-state index < -0.39 is 11.9 Å². The maximum Gasteiger partial charge on any atom is 0.396 e. The second kappa shape index (κ2) is 7.01. The topological polar surface area (TPSA) is 55.4 Å². The van der Waals surface area contributed by atoms with Crippen LogP contribution in [0.15, 0.2) is 24.3 Å². The van der Waals surface area contributed by atoms with Crippen LogP contribution in [-0.2, 0) is 20.9 Å². The van der Waals surface area contributed by atoms with Gasteiger partial charge in [-0.2, -0.15) is 0 Å². The minimum Gasteiger partial charge on any atom is -0.458 e. The molecule has 0 aliphatic carbocycles. The molecule has 4 nitrogen and oxygen atoms in total. The third kappa shape index (κ3) is 4.75. The van der Waals surface area contributed by atoms with Crippen LogP contribution in [0, 0.1) is 5.92 Å². The first-order valence-electron chi connectivity index (χ1n) is 5.69. The maximum atomic E-state index is 11.4. The first-order valence-corrected chi connectivity index (χ1v) is 6.07. The van der Waals surface area contributed by atoms with E-state index in [1.165, 1.54) is 0 Å². The quantitative estimate of drug-likeness (QED) is 0.673. The normalized spacial score (nSPS) is 10.2. The minimum absolute atomic E-state index is 0.199. The van der Waals surface area contributed by atoms with Gasteiger partial charge in [-0.05, 0) is 17.5 Å². The molecule has 1 N–H and O–H groups in total. The Morgan fingerprint density at radius 2 is 2.00 bits per heavy atom. The smallest absolute Gasteiger partial charge is 0.396 e. The Hall–Kier alpha value is -1.55. The lowest BCUT2D eigenvalue weighted by Crippen LogP contribution is -2.32. The number of esters is 1. The highest BCUT2D eigenvalue weighted by atomic mass is 35.5. The number of carbonyl (C=O) groups excluding carboxylic acids is 2. The van der Waals surface area contributed by atoms with E-state index in [-0.39, 0.29) is 19.1 Å². The summed E-state index contributed by atoms with van der Waals surface area (Å²) >= 11 is 5.92. The molecule has 0 bridgehead atoms. The third-order valence-electron chi connectivity index (χ3n) is 2.13. The summed E-state index contributed by atoms with van der Waals surface area (Å²) in [6, 6.07) is 7.11. The predicted molar refractivity (Wildman–Crippen MR) is 69.1 cm³/mol. The summed E-state index contributed by atoms with van der Waals surface area (Å²) in [6.07, 6.45) is 0. The van der Waals surface area contributed by atoms with Crippen LogP contribution in [0.1, 0.15) is 19.4 Å². The van der Waals surface area contributed by atoms with E-state index in [1.54, 1.807) is 18.2 Å². The van der Waals surface area contributed by atoms with Crippen molar-refractivity contribution in [2.24, 2.45) is 5.92 Å². The van der Waals surface area contributed by atoms with Gasteiger partial charge in [-0.25, -0.2) is 4.79 Å². The number of carbonyl (C=O) groups is 2. The average Bonchev–Trinajstić information content (AvgIpc) is 2.34. The van der Waals surface area contributed by atoms with Crippen LogP contribution >= 0.6 is 11.6 Å². The van der Waals surface area contributed by atoms with Crippen molar-refractivity contribution in [2.75, 3.05) is 6.61 Å². The van der Waals surface area contributed by atoms with E-state index in [0.29, 0.717) is 5.02 Å². The number of hydrogen-bond acceptors (Lipinski definition) is 3. The predicted octanol–water partition coefficient (Wildman–Crippen LogP) is 2.16. The first-order chi connectivity index (χ1) is 8.50. The maximum absolute atomic E-state index is 11.4. The van der Waals surface area contributed by atoms with Gasteiger partial charge in [0.2, 0.25) is 0 Å². The van der Waals surface area contributed by atoms with Crippen LogP contribution in [0.4, 0.5) is 0 Å². The van der Waals surface area contributed by atoms with Gasteiger partial charge >= 0.3 is 11.9 Å². The largest absolute Gasteiger partial charge is 0.458 e. The van der Waals surface area contributed by atoms with Crippen molar-refractivity contribution in [1.29, 1.82) is 0 Å². The Morgan fingerprint density at radius 3 is 2.61 bits per heavy atom. The Morgan fingerprint density at radius 1 is 1.33 bits per heavy atom. The molecule has 18 heavy (non-hydrogen) atoms. The Bertz CT molecular complexity index is 432. The Kier molecular flexibility index (Phi) is 5.65. The molecule has 5 heteroatoms. The van der Waals surface area contributed by atoms with E-state index in [4.69, 9.17) is 16.3 Å². The molecule has 0 aliphatic heterocycles. The summed E-state index contributed by atoms with van der Waals surface area (Å²) < 4.78 is 4.80. The fourth-order valence-electron chi connectivity index (χ4n) is 1.20. The van der Waals surface area contributed by atoms with Gasteiger partial charge in [0.25, 0.3) is 0 Å². The molecular weight excluding hydrogens is 254 g/mol. The zero-order valence-corrected chi connectivity index (χ0v) is 11.2. The zero-order valence-electron chi connectivity index (χ0n) is 10.4. The Labute approximate surface area is 111 Å². The second-order valence-corrected chi connectivity index (χ2v) is 4.67. The molecule has 1 rings (SSSR count). The number of benzene rings is 1. The summed E-state index contributed by atoms with van der Waals surface area (Å²) in [5.41, 5.74) is 0.754. The summed E-state index contributed by atoms with van der Waals surface area (Å²) in [5, 5.41) is 3.01. The van der Waals surface area contributed by atoms with Crippen molar-refractivity contribution >= 4 is 23.5 Å². The van der Waals surface area contributed by atoms with Gasteiger partial charge in [0.05, 0.1) is 6.61 Å². The summed E-state index contributed by atoms with van der Waals surface area (Å²) in [6.45, 7) is 4.23. The fraction of sp³-hybridized carbons (Fsp3) is 0.385. The van der Waals surface area contributed by atoms with Crippen molar-refractivity contribution in [3.8, 4) is 0 Å². The number of rotatable bonds is 4. The molecule has 1 aromatic carbocycles. The number of amides is 1. The summed E-state index contributed by atoms with van der Waals surface area (Å²) in [5.74, 6) is -1.42. The molecule has 0 fully saturated rings. The Balaban J connectivity index is 2.42. The number of halogens is 1. The highest BCUT2D eigenvalue weighted by Crippen LogP contribution is 2.14. The monoisotopic (exact) mass is 269 g/mol. The van der Waals surface area contributed by atoms with E-state index in [2.05, 4.69) is 5.32 Å². The summed E-state index contributed by atoms with van der Waals surface area (Å²) in [4.78, 5) is 22.7. The van der Waals surface area contributed by atoms with Crippen molar-refractivity contribution in [3.05, 3.63) is 34.9 Å². The molecule has 0 atom stereocenters. The average molecular weight is 270 g/mol. The van der Waals surface area contributed by atoms with Crippen LogP contribution < -0.4 is 5.32 Å². The molecule has 0 heterocycles. The van der Waals surface area contributed by atoms with Crippen LogP contribution in [0.3, 0.4) is 0 Å². The second-order valence-electron chi connectivity index (χ2n) is 4.27. The van der Waals surface area contributed by atoms with Gasteiger partial charge in [0.1, 0.15) is 0 Å². The third-order valence-corrected chi connectivity index (χ3v) is 2.50. The SMILES string of the molecule is CC(C)COC(=O)C(=O)NCc1ccccc1Cl. The number of ether oxygens (including phenoxy) is 1. The van der Waals surface area contributed by atoms with Crippen LogP contribution in [-0.4, -0.2) is 18.5 Å². The van der Waals surface area contributed by atoms with E-state index >= 15 is 0 Å². The lowest BCUT2D eigenvalue weighted by atomic mass is 10.2. The molecule has 0 aromatic heterocycles. The van der Waals surface area contributed by atoms with Crippen LogP contribution in [0.5, 0.6) is 0 Å². The van der Waals surface area contributed by atoms with Crippen molar-refractivity contribution in [3.63, 3.8) is 0 Å². The van der Waals surface area contributed by atoms with Gasteiger partial charge in [-0.15, -0.1) is 0 Å². The van der Waals surface area contributed by atoms with E-state index in [1.807, 2.05) is 19.9 Å². The van der Waals surface area contributed by atoms with E-state index in [9.17, 15) is 9.59 Å². The molecule has 0 saturated carbocycles. The molecule has 98 valence electrons. The van der Waals surface area contributed by atoms with Gasteiger partial charge in [-0.1, -0.05) is 43.6 Å². The molecule has 1 aromatic rings. The fourth-order valence-corrected chi connectivity index (χ4v) is 1.40. The molecule has 1 amide bonds. The molecule has 0 unspecified atom stereocenters. The van der Waals surface area contributed by atoms with Crippen LogP contribution in [0.25, 0.3) is 0 Å². The van der Waals surface area contributed by atoms with Gasteiger partial charge in [-0.3, -0.25) is 4.79 Å². The van der Waals surface area contributed by atoms with Crippen molar-refractivity contribution in [2.45, 2.75) is 20.4 Å². The number of nitrogens with one attached hydrogen (secondary N) is 1. The molecule has 0 radical (unpaired) electrons. The highest BCUT2D eigenvalue weighted by molar-refractivity contribution is 6.33. The lowest BCUT2D eigenvalue weighted by Gasteiger charge is -2.08. The summed E-state index contributed by atoms with van der Waals surface area (Å²) in [7, 11) is 0. The van der Waals surface area contributed by atoms with E-state index in [0.717, 1.165) is 5.56 Å². The first kappa shape index (κ1) is 14.5. The van der Waals surface area contributed by atoms with Gasteiger partial charge in [0, 0.05) is 11.6 Å². The number of hydrogen-bond donors (Lipinski definition) is 1. The van der Waals surface area contributed by atoms with Gasteiger partial charge in [0.15, 0.2) is 0 Å². The van der Waals surface area contributed by atoms with Crippen LogP contribution in [0.2, 0.25) is 5.02 Å². The molecule has 0 aliphatic rings. The minimum atomic E-state index is -0.865. The van der Waals surface area contributed by atoms with Crippen molar-refractivity contribution in [1.82, 2.24) is 5.32 Å². The molecule has 0 saturated heterocycles. The zero-order chi connectivity index (χ0) is 13.5. The highest BCUT2D eigenvalue weighted by Gasteiger charge is 2.15. The van der Waals surface area contributed by atoms with Gasteiger partial charge < -0.3 is 10.1 Å². The molecule has 0 spiro atoms.